The van der Waals surface area contributed by atoms with Crippen molar-refractivity contribution in [1.82, 2.24) is 9.88 Å². The summed E-state index contributed by atoms with van der Waals surface area (Å²) in [6, 6.07) is 7.07. The predicted molar refractivity (Wildman–Crippen MR) is 85.5 cm³/mol. The number of likely N-dealkylation sites (N-methyl/N-ethyl adjacent to an activating group) is 1. The fourth-order valence-electron chi connectivity index (χ4n) is 3.03. The van der Waals surface area contributed by atoms with Crippen LogP contribution in [0.3, 0.4) is 0 Å². The summed E-state index contributed by atoms with van der Waals surface area (Å²) in [5.41, 5.74) is 5.03. The van der Waals surface area contributed by atoms with Crippen LogP contribution in [0.4, 0.5) is 5.82 Å². The lowest BCUT2D eigenvalue weighted by molar-refractivity contribution is 0.414. The number of benzene rings is 1. The standard InChI is InChI=1S/C17H23N3/c1-11-5-6-15-12(2)9-16(19-17(15)13(11)3)18-14-7-8-20(4)10-14/h5-6,9,14H,7-8,10H2,1-4H3,(H,18,19). The van der Waals surface area contributed by atoms with E-state index in [4.69, 9.17) is 4.98 Å². The number of nitrogens with zero attached hydrogens (tertiary/aromatic N) is 2. The number of aromatic nitrogens is 1. The Hall–Kier alpha value is -1.61. The summed E-state index contributed by atoms with van der Waals surface area (Å²) in [5.74, 6) is 1.02. The fourth-order valence-corrected chi connectivity index (χ4v) is 3.03. The third-order valence-corrected chi connectivity index (χ3v) is 4.46. The SMILES string of the molecule is Cc1ccc2c(C)cc(NC3CCN(C)C3)nc2c1C. The zero-order valence-electron chi connectivity index (χ0n) is 12.8. The van der Waals surface area contributed by atoms with Crippen LogP contribution in [-0.4, -0.2) is 36.1 Å². The normalized spacial score (nSPS) is 19.7. The number of aryl methyl sites for hydroxylation is 3. The minimum atomic E-state index is 0.523. The molecule has 1 aliphatic rings. The van der Waals surface area contributed by atoms with Gasteiger partial charge >= 0.3 is 0 Å². The molecule has 1 N–H and O–H groups in total. The maximum Gasteiger partial charge on any atom is 0.127 e. The van der Waals surface area contributed by atoms with Gasteiger partial charge in [0.1, 0.15) is 5.82 Å². The van der Waals surface area contributed by atoms with Crippen molar-refractivity contribution < 1.29 is 0 Å². The molecule has 0 spiro atoms. The van der Waals surface area contributed by atoms with Crippen LogP contribution in [0.1, 0.15) is 23.1 Å². The van der Waals surface area contributed by atoms with Crippen LogP contribution < -0.4 is 5.32 Å². The second-order valence-electron chi connectivity index (χ2n) is 6.12. The van der Waals surface area contributed by atoms with Crippen LogP contribution >= 0.6 is 0 Å². The van der Waals surface area contributed by atoms with Crippen molar-refractivity contribution in [2.75, 3.05) is 25.5 Å². The molecule has 0 radical (unpaired) electrons. The predicted octanol–water partition coefficient (Wildman–Crippen LogP) is 3.28. The van der Waals surface area contributed by atoms with Gasteiger partial charge in [0.15, 0.2) is 0 Å². The largest absolute Gasteiger partial charge is 0.366 e. The topological polar surface area (TPSA) is 28.2 Å². The third-order valence-electron chi connectivity index (χ3n) is 4.46. The van der Waals surface area contributed by atoms with Crippen molar-refractivity contribution >= 4 is 16.7 Å². The molecule has 1 unspecified atom stereocenters. The van der Waals surface area contributed by atoms with Crippen molar-refractivity contribution in [1.29, 1.82) is 0 Å². The Kier molecular flexibility index (Phi) is 3.38. The first-order valence-electron chi connectivity index (χ1n) is 7.37. The number of pyridine rings is 1. The van der Waals surface area contributed by atoms with Gasteiger partial charge in [-0.2, -0.15) is 0 Å². The number of hydrogen-bond donors (Lipinski definition) is 1. The maximum atomic E-state index is 4.86. The molecule has 2 heterocycles. The summed E-state index contributed by atoms with van der Waals surface area (Å²) in [7, 11) is 2.17. The summed E-state index contributed by atoms with van der Waals surface area (Å²) >= 11 is 0. The lowest BCUT2D eigenvalue weighted by Gasteiger charge is -2.16. The fraction of sp³-hybridized carbons (Fsp3) is 0.471. The number of nitrogens with one attached hydrogen (secondary N) is 1. The Morgan fingerprint density at radius 3 is 2.70 bits per heavy atom. The van der Waals surface area contributed by atoms with Gasteiger partial charge in [-0.15, -0.1) is 0 Å². The van der Waals surface area contributed by atoms with Gasteiger partial charge in [-0.25, -0.2) is 4.98 Å². The quantitative estimate of drug-likeness (QED) is 0.907. The van der Waals surface area contributed by atoms with Crippen LogP contribution in [0, 0.1) is 20.8 Å². The van der Waals surface area contributed by atoms with E-state index in [-0.39, 0.29) is 0 Å². The Balaban J connectivity index is 1.98. The first kappa shape index (κ1) is 13.4. The summed E-state index contributed by atoms with van der Waals surface area (Å²) in [4.78, 5) is 7.22. The summed E-state index contributed by atoms with van der Waals surface area (Å²) in [5, 5.41) is 4.86. The highest BCUT2D eigenvalue weighted by molar-refractivity contribution is 5.87. The van der Waals surface area contributed by atoms with Gasteiger partial charge in [-0.3, -0.25) is 0 Å². The van der Waals surface area contributed by atoms with Crippen LogP contribution in [0.2, 0.25) is 0 Å². The third kappa shape index (κ3) is 2.38. The van der Waals surface area contributed by atoms with E-state index in [0.717, 1.165) is 17.9 Å². The lowest BCUT2D eigenvalue weighted by Crippen LogP contribution is -2.24. The monoisotopic (exact) mass is 269 g/mol. The van der Waals surface area contributed by atoms with E-state index in [9.17, 15) is 0 Å². The molecule has 2 aromatic rings. The van der Waals surface area contributed by atoms with Gasteiger partial charge < -0.3 is 10.2 Å². The Labute approximate surface area is 121 Å². The summed E-state index contributed by atoms with van der Waals surface area (Å²) in [6.07, 6.45) is 1.20. The van der Waals surface area contributed by atoms with Gasteiger partial charge in [0.05, 0.1) is 5.52 Å². The molecule has 1 aliphatic heterocycles. The zero-order chi connectivity index (χ0) is 14.3. The van der Waals surface area contributed by atoms with E-state index >= 15 is 0 Å². The second kappa shape index (κ2) is 5.06. The molecule has 1 atom stereocenters. The number of hydrogen-bond acceptors (Lipinski definition) is 3. The molecule has 20 heavy (non-hydrogen) atoms. The van der Waals surface area contributed by atoms with Crippen LogP contribution in [0.5, 0.6) is 0 Å². The highest BCUT2D eigenvalue weighted by atomic mass is 15.2. The molecule has 3 rings (SSSR count). The maximum absolute atomic E-state index is 4.86. The molecule has 1 aromatic heterocycles. The molecule has 0 bridgehead atoms. The summed E-state index contributed by atoms with van der Waals surface area (Å²) in [6.45, 7) is 8.76. The molecule has 0 amide bonds. The number of fused-ring (bicyclic) bond motifs is 1. The lowest BCUT2D eigenvalue weighted by atomic mass is 10.0. The average molecular weight is 269 g/mol. The molecule has 0 aliphatic carbocycles. The van der Waals surface area contributed by atoms with E-state index in [0.29, 0.717) is 6.04 Å². The Morgan fingerprint density at radius 1 is 1.20 bits per heavy atom. The van der Waals surface area contributed by atoms with E-state index in [2.05, 4.69) is 56.2 Å². The van der Waals surface area contributed by atoms with E-state index in [1.54, 1.807) is 0 Å². The highest BCUT2D eigenvalue weighted by Gasteiger charge is 2.19. The molecule has 1 aromatic carbocycles. The number of anilines is 1. The minimum absolute atomic E-state index is 0.523. The van der Waals surface area contributed by atoms with Crippen molar-refractivity contribution in [2.24, 2.45) is 0 Å². The minimum Gasteiger partial charge on any atom is -0.366 e. The molecular weight excluding hydrogens is 246 g/mol. The van der Waals surface area contributed by atoms with Crippen molar-refractivity contribution in [3.05, 3.63) is 34.9 Å². The van der Waals surface area contributed by atoms with Gasteiger partial charge in [0.25, 0.3) is 0 Å². The molecule has 0 saturated carbocycles. The molecular formula is C17H23N3. The molecule has 1 fully saturated rings. The second-order valence-corrected chi connectivity index (χ2v) is 6.12. The van der Waals surface area contributed by atoms with Gasteiger partial charge in [0, 0.05) is 18.0 Å². The van der Waals surface area contributed by atoms with Gasteiger partial charge in [0.2, 0.25) is 0 Å². The Bertz CT molecular complexity index is 648. The number of rotatable bonds is 2. The zero-order valence-corrected chi connectivity index (χ0v) is 12.8. The highest BCUT2D eigenvalue weighted by Crippen LogP contribution is 2.26. The van der Waals surface area contributed by atoms with Crippen LogP contribution in [0.25, 0.3) is 10.9 Å². The van der Waals surface area contributed by atoms with E-state index in [1.165, 1.54) is 35.0 Å². The van der Waals surface area contributed by atoms with E-state index < -0.39 is 0 Å². The first-order valence-corrected chi connectivity index (χ1v) is 7.37. The average Bonchev–Trinajstić information content (AvgIpc) is 2.80. The van der Waals surface area contributed by atoms with Crippen LogP contribution in [-0.2, 0) is 0 Å². The van der Waals surface area contributed by atoms with Crippen LogP contribution in [0.15, 0.2) is 18.2 Å². The van der Waals surface area contributed by atoms with Gasteiger partial charge in [-0.1, -0.05) is 12.1 Å². The number of likely N-dealkylation sites (tertiary alicyclic amines) is 1. The molecule has 3 nitrogen and oxygen atoms in total. The van der Waals surface area contributed by atoms with Crippen molar-refractivity contribution in [3.63, 3.8) is 0 Å². The molecule has 1 saturated heterocycles. The smallest absolute Gasteiger partial charge is 0.127 e. The summed E-state index contributed by atoms with van der Waals surface area (Å²) < 4.78 is 0. The van der Waals surface area contributed by atoms with Gasteiger partial charge in [-0.05, 0) is 63.5 Å². The van der Waals surface area contributed by atoms with Crippen molar-refractivity contribution in [3.8, 4) is 0 Å². The Morgan fingerprint density at radius 2 is 2.00 bits per heavy atom. The molecule has 106 valence electrons. The first-order chi connectivity index (χ1) is 9.54. The van der Waals surface area contributed by atoms with E-state index in [1.807, 2.05) is 0 Å². The van der Waals surface area contributed by atoms with Crippen molar-refractivity contribution in [2.45, 2.75) is 33.2 Å². The molecule has 3 heteroatoms.